The minimum atomic E-state index is 0.609. The van der Waals surface area contributed by atoms with Gasteiger partial charge in [0.15, 0.2) is 0 Å². The third-order valence-corrected chi connectivity index (χ3v) is 7.27. The summed E-state index contributed by atoms with van der Waals surface area (Å²) in [5.74, 6) is 1.05. The minimum absolute atomic E-state index is 0.609. The number of quaternary nitrogens is 1. The van der Waals surface area contributed by atoms with E-state index in [1.165, 1.54) is 22.1 Å². The molecule has 4 nitrogen and oxygen atoms in total. The van der Waals surface area contributed by atoms with Crippen molar-refractivity contribution in [3.63, 3.8) is 0 Å². The fraction of sp³-hybridized carbons (Fsp3) is 0.217. The lowest BCUT2D eigenvalue weighted by Crippen LogP contribution is -3.13. The first-order valence-corrected chi connectivity index (χ1v) is 11.6. The molecule has 0 radical (unpaired) electrons. The molecule has 1 N–H and O–H groups in total. The van der Waals surface area contributed by atoms with Crippen molar-refractivity contribution in [1.29, 1.82) is 0 Å². The fourth-order valence-corrected chi connectivity index (χ4v) is 5.31. The lowest BCUT2D eigenvalue weighted by Gasteiger charge is -2.33. The topological polar surface area (TPSA) is 33.5 Å². The van der Waals surface area contributed by atoms with Gasteiger partial charge < -0.3 is 9.80 Å². The molecular weight excluding hydrogens is 435 g/mol. The second-order valence-corrected chi connectivity index (χ2v) is 9.23. The predicted octanol–water partition coefficient (Wildman–Crippen LogP) is 4.57. The summed E-state index contributed by atoms with van der Waals surface area (Å²) in [6.07, 6.45) is 1.69. The number of anilines is 1. The zero-order chi connectivity index (χ0) is 20.5. The highest BCUT2D eigenvalue weighted by atomic mass is 35.5. The Labute approximate surface area is 189 Å². The van der Waals surface area contributed by atoms with E-state index in [-0.39, 0.29) is 0 Å². The molecule has 5 rings (SSSR count). The van der Waals surface area contributed by atoms with E-state index >= 15 is 0 Å². The van der Waals surface area contributed by atoms with Crippen molar-refractivity contribution < 1.29 is 4.90 Å². The van der Waals surface area contributed by atoms with Crippen LogP contribution in [0.1, 0.15) is 5.56 Å². The molecule has 0 spiro atoms. The lowest BCUT2D eigenvalue weighted by atomic mass is 10.1. The van der Waals surface area contributed by atoms with Crippen molar-refractivity contribution in [1.82, 2.24) is 9.97 Å². The molecule has 4 aromatic rings. The monoisotopic (exact) mass is 455 g/mol. The van der Waals surface area contributed by atoms with E-state index in [1.807, 2.05) is 18.2 Å². The van der Waals surface area contributed by atoms with Crippen molar-refractivity contribution in [3.8, 4) is 11.1 Å². The predicted molar refractivity (Wildman–Crippen MR) is 126 cm³/mol. The van der Waals surface area contributed by atoms with Crippen molar-refractivity contribution in [2.45, 2.75) is 6.54 Å². The zero-order valence-corrected chi connectivity index (χ0v) is 18.6. The number of aromatic nitrogens is 2. The Hall–Kier alpha value is -2.18. The van der Waals surface area contributed by atoms with Crippen LogP contribution >= 0.6 is 34.5 Å². The van der Waals surface area contributed by atoms with Crippen LogP contribution in [-0.4, -0.2) is 36.1 Å². The van der Waals surface area contributed by atoms with Crippen LogP contribution < -0.4 is 9.80 Å². The number of nitrogens with zero attached hydrogens (tertiary/aromatic N) is 3. The van der Waals surface area contributed by atoms with Crippen molar-refractivity contribution in [2.75, 3.05) is 31.1 Å². The van der Waals surface area contributed by atoms with Crippen LogP contribution in [-0.2, 0) is 6.54 Å². The van der Waals surface area contributed by atoms with Gasteiger partial charge in [0, 0.05) is 16.5 Å². The van der Waals surface area contributed by atoms with Crippen LogP contribution in [0, 0.1) is 0 Å². The molecule has 152 valence electrons. The molecule has 1 fully saturated rings. The first-order valence-electron chi connectivity index (χ1n) is 9.99. The first-order chi connectivity index (χ1) is 14.7. The number of nitrogens with one attached hydrogen (secondary N) is 1. The molecule has 0 saturated carbocycles. The first kappa shape index (κ1) is 19.8. The molecular formula is C23H21Cl2N4S+. The van der Waals surface area contributed by atoms with Gasteiger partial charge in [-0.05, 0) is 17.7 Å². The van der Waals surface area contributed by atoms with Gasteiger partial charge in [0.25, 0.3) is 0 Å². The SMILES string of the molecule is Clc1ccc(C[NH+]2CCN(c3ncnc4scc(-c5ccccc5)c34)CC2)cc1Cl. The minimum Gasteiger partial charge on any atom is -0.345 e. The summed E-state index contributed by atoms with van der Waals surface area (Å²) < 4.78 is 0. The van der Waals surface area contributed by atoms with E-state index in [9.17, 15) is 0 Å². The highest BCUT2D eigenvalue weighted by molar-refractivity contribution is 7.17. The highest BCUT2D eigenvalue weighted by Crippen LogP contribution is 2.37. The average molecular weight is 456 g/mol. The number of piperazine rings is 1. The Balaban J connectivity index is 1.36. The van der Waals surface area contributed by atoms with E-state index < -0.39 is 0 Å². The number of thiophene rings is 1. The van der Waals surface area contributed by atoms with E-state index in [1.54, 1.807) is 22.6 Å². The Morgan fingerprint density at radius 3 is 2.53 bits per heavy atom. The zero-order valence-electron chi connectivity index (χ0n) is 16.3. The van der Waals surface area contributed by atoms with Gasteiger partial charge in [-0.3, -0.25) is 0 Å². The van der Waals surface area contributed by atoms with Gasteiger partial charge in [0.2, 0.25) is 0 Å². The Kier molecular flexibility index (Phi) is 5.61. The molecule has 0 amide bonds. The summed E-state index contributed by atoms with van der Waals surface area (Å²) >= 11 is 13.9. The molecule has 0 bridgehead atoms. The third-order valence-electron chi connectivity index (χ3n) is 5.64. The van der Waals surface area contributed by atoms with E-state index in [0.717, 1.165) is 43.4 Å². The summed E-state index contributed by atoms with van der Waals surface area (Å²) in [7, 11) is 0. The molecule has 0 atom stereocenters. The standard InChI is InChI=1S/C23H20Cl2N4S/c24-19-7-6-16(12-20(19)25)13-28-8-10-29(11-9-28)22-21-18(17-4-2-1-3-5-17)14-30-23(21)27-15-26-22/h1-7,12,14-15H,8-11,13H2/p+1. The molecule has 2 aromatic carbocycles. The smallest absolute Gasteiger partial charge is 0.141 e. The van der Waals surface area contributed by atoms with Crippen LogP contribution in [0.3, 0.4) is 0 Å². The molecule has 1 aliphatic rings. The number of hydrogen-bond donors (Lipinski definition) is 1. The van der Waals surface area contributed by atoms with Gasteiger partial charge in [0.1, 0.15) is 23.5 Å². The van der Waals surface area contributed by atoms with Crippen molar-refractivity contribution >= 4 is 50.6 Å². The van der Waals surface area contributed by atoms with Gasteiger partial charge in [-0.2, -0.15) is 0 Å². The quantitative estimate of drug-likeness (QED) is 0.489. The summed E-state index contributed by atoms with van der Waals surface area (Å²) in [6, 6.07) is 16.4. The van der Waals surface area contributed by atoms with Gasteiger partial charge >= 0.3 is 0 Å². The highest BCUT2D eigenvalue weighted by Gasteiger charge is 2.24. The van der Waals surface area contributed by atoms with Gasteiger partial charge in [-0.1, -0.05) is 59.6 Å². The molecule has 2 aromatic heterocycles. The Morgan fingerprint density at radius 2 is 1.77 bits per heavy atom. The molecule has 30 heavy (non-hydrogen) atoms. The van der Waals surface area contributed by atoms with Gasteiger partial charge in [-0.25, -0.2) is 9.97 Å². The molecule has 1 saturated heterocycles. The van der Waals surface area contributed by atoms with E-state index in [0.29, 0.717) is 10.0 Å². The van der Waals surface area contributed by atoms with Crippen molar-refractivity contribution in [2.24, 2.45) is 0 Å². The largest absolute Gasteiger partial charge is 0.345 e. The Bertz CT molecular complexity index is 1170. The summed E-state index contributed by atoms with van der Waals surface area (Å²) in [5, 5.41) is 4.60. The number of benzene rings is 2. The van der Waals surface area contributed by atoms with E-state index in [2.05, 4.69) is 45.6 Å². The van der Waals surface area contributed by atoms with Crippen LogP contribution in [0.5, 0.6) is 0 Å². The number of hydrogen-bond acceptors (Lipinski definition) is 4. The van der Waals surface area contributed by atoms with Gasteiger partial charge in [-0.15, -0.1) is 11.3 Å². The summed E-state index contributed by atoms with van der Waals surface area (Å²) in [6.45, 7) is 4.99. The van der Waals surface area contributed by atoms with Crippen LogP contribution in [0.15, 0.2) is 60.2 Å². The normalized spacial score (nSPS) is 15.1. The maximum Gasteiger partial charge on any atom is 0.141 e. The van der Waals surface area contributed by atoms with Crippen molar-refractivity contribution in [3.05, 3.63) is 75.8 Å². The maximum absolute atomic E-state index is 6.18. The average Bonchev–Trinajstić information content (AvgIpc) is 3.22. The van der Waals surface area contributed by atoms with Crippen LogP contribution in [0.4, 0.5) is 5.82 Å². The lowest BCUT2D eigenvalue weighted by molar-refractivity contribution is -0.914. The number of fused-ring (bicyclic) bond motifs is 1. The second kappa shape index (κ2) is 8.52. The van der Waals surface area contributed by atoms with Crippen LogP contribution in [0.25, 0.3) is 21.3 Å². The summed E-state index contributed by atoms with van der Waals surface area (Å²) in [5.41, 5.74) is 3.65. The van der Waals surface area contributed by atoms with Gasteiger partial charge in [0.05, 0.1) is 41.6 Å². The molecule has 3 heterocycles. The third kappa shape index (κ3) is 3.91. The summed E-state index contributed by atoms with van der Waals surface area (Å²) in [4.78, 5) is 14.2. The fourth-order valence-electron chi connectivity index (χ4n) is 4.08. The number of halogens is 2. The Morgan fingerprint density at radius 1 is 0.967 bits per heavy atom. The second-order valence-electron chi connectivity index (χ2n) is 7.56. The molecule has 7 heteroatoms. The van der Waals surface area contributed by atoms with E-state index in [4.69, 9.17) is 28.2 Å². The van der Waals surface area contributed by atoms with Crippen LogP contribution in [0.2, 0.25) is 10.0 Å². The molecule has 0 aliphatic carbocycles. The maximum atomic E-state index is 6.18. The number of rotatable bonds is 4. The molecule has 1 aliphatic heterocycles. The molecule has 0 unspecified atom stereocenters.